The molecule has 9 heteroatoms. The first-order chi connectivity index (χ1) is 13.0. The minimum Gasteiger partial charge on any atom is -0.755 e. The summed E-state index contributed by atoms with van der Waals surface area (Å²) in [6, 6.07) is 7.48. The highest BCUT2D eigenvalue weighted by molar-refractivity contribution is 8.00. The zero-order valence-electron chi connectivity index (χ0n) is 14.9. The lowest BCUT2D eigenvalue weighted by Gasteiger charge is -2.16. The molecular weight excluding hydrogens is 386 g/mol. The van der Waals surface area contributed by atoms with Gasteiger partial charge in [-0.1, -0.05) is 18.6 Å². The van der Waals surface area contributed by atoms with E-state index in [9.17, 15) is 18.4 Å². The first-order valence-corrected chi connectivity index (χ1v) is 11.3. The fourth-order valence-corrected chi connectivity index (χ4v) is 5.43. The molecule has 0 saturated carbocycles. The number of carbonyl (C=O) groups is 2. The molecule has 3 rings (SSSR count). The fraction of sp³-hybridized carbons (Fsp3) is 0.556. The van der Waals surface area contributed by atoms with Crippen LogP contribution in [-0.4, -0.2) is 43.7 Å². The fourth-order valence-electron chi connectivity index (χ4n) is 3.56. The summed E-state index contributed by atoms with van der Waals surface area (Å²) in [4.78, 5) is 23.5. The zero-order valence-corrected chi connectivity index (χ0v) is 16.6. The molecule has 0 radical (unpaired) electrons. The van der Waals surface area contributed by atoms with Gasteiger partial charge in [0.05, 0.1) is 12.1 Å². The van der Waals surface area contributed by atoms with Crippen LogP contribution in [0, 0.1) is 0 Å². The molecule has 2 unspecified atom stereocenters. The van der Waals surface area contributed by atoms with Crippen LogP contribution < -0.4 is 15.4 Å². The molecule has 0 bridgehead atoms. The number of benzene rings is 1. The van der Waals surface area contributed by atoms with Crippen LogP contribution >= 0.6 is 11.8 Å². The van der Waals surface area contributed by atoms with Gasteiger partial charge in [-0.3, -0.25) is 9.00 Å². The highest BCUT2D eigenvalue weighted by atomic mass is 32.2. The van der Waals surface area contributed by atoms with E-state index in [4.69, 9.17) is 0 Å². The topological polar surface area (TPSA) is 110 Å². The molecule has 27 heavy (non-hydrogen) atoms. The molecule has 1 aromatic carbocycles. The molecule has 0 aliphatic carbocycles. The lowest BCUT2D eigenvalue weighted by atomic mass is 10.0. The number of hydrogen-bond acceptors (Lipinski definition) is 5. The summed E-state index contributed by atoms with van der Waals surface area (Å²) >= 11 is -0.422. The first-order valence-electron chi connectivity index (χ1n) is 9.16. The summed E-state index contributed by atoms with van der Waals surface area (Å²) in [5.74, 6) is 1.22. The van der Waals surface area contributed by atoms with Crippen molar-refractivity contribution < 1.29 is 18.4 Å². The van der Waals surface area contributed by atoms with E-state index in [-0.39, 0.29) is 23.9 Å². The van der Waals surface area contributed by atoms with Crippen LogP contribution in [0.4, 0.5) is 10.5 Å². The van der Waals surface area contributed by atoms with E-state index in [0.717, 1.165) is 30.6 Å². The largest absolute Gasteiger partial charge is 0.755 e. The normalized spacial score (nSPS) is 24.8. The predicted molar refractivity (Wildman–Crippen MR) is 106 cm³/mol. The number of fused-ring (bicyclic) bond motifs is 1. The van der Waals surface area contributed by atoms with Gasteiger partial charge in [0.15, 0.2) is 0 Å². The van der Waals surface area contributed by atoms with Gasteiger partial charge in [0.1, 0.15) is 5.78 Å². The molecule has 3 N–H and O–H groups in total. The molecule has 2 heterocycles. The SMILES string of the molecule is O=C(CCCCC1SC[C@@H]2NC(=O)N[C@H]12)CCc1ccc(NS(=O)[O-])cc1. The van der Waals surface area contributed by atoms with Crippen LogP contribution in [0.15, 0.2) is 24.3 Å². The second-order valence-corrected chi connectivity index (χ2v) is 8.89. The molecule has 148 valence electrons. The molecule has 2 saturated heterocycles. The van der Waals surface area contributed by atoms with Crippen molar-refractivity contribution in [2.24, 2.45) is 0 Å². The van der Waals surface area contributed by atoms with Crippen molar-refractivity contribution in [1.82, 2.24) is 10.6 Å². The third kappa shape index (κ3) is 5.95. The molecular formula is C18H24N3O4S2-. The van der Waals surface area contributed by atoms with E-state index in [1.807, 2.05) is 23.9 Å². The Kier molecular flexibility index (Phi) is 7.14. The number of unbranched alkanes of at least 4 members (excludes halogenated alkanes) is 1. The van der Waals surface area contributed by atoms with E-state index in [1.165, 1.54) is 0 Å². The number of Topliss-reactive ketones (excluding diaryl/α,β-unsaturated/α-hetero) is 1. The highest BCUT2D eigenvalue weighted by Crippen LogP contribution is 2.33. The third-order valence-electron chi connectivity index (χ3n) is 4.98. The molecule has 2 fully saturated rings. The van der Waals surface area contributed by atoms with Crippen LogP contribution in [0.5, 0.6) is 0 Å². The van der Waals surface area contributed by atoms with E-state index in [1.54, 1.807) is 12.1 Å². The Hall–Kier alpha value is -1.58. The lowest BCUT2D eigenvalue weighted by molar-refractivity contribution is -0.119. The van der Waals surface area contributed by atoms with Gasteiger partial charge >= 0.3 is 6.03 Å². The number of rotatable bonds is 10. The number of ketones is 1. The van der Waals surface area contributed by atoms with Gasteiger partial charge in [-0.2, -0.15) is 11.8 Å². The molecule has 1 aromatic rings. The zero-order chi connectivity index (χ0) is 19.2. The number of amides is 2. The van der Waals surface area contributed by atoms with Crippen molar-refractivity contribution in [1.29, 1.82) is 0 Å². The number of nitrogens with one attached hydrogen (secondary N) is 3. The van der Waals surface area contributed by atoms with Crippen molar-refractivity contribution in [3.8, 4) is 0 Å². The molecule has 7 nitrogen and oxygen atoms in total. The Morgan fingerprint density at radius 3 is 2.74 bits per heavy atom. The van der Waals surface area contributed by atoms with Crippen molar-refractivity contribution in [2.45, 2.75) is 55.9 Å². The standard InChI is InChI=1S/C18H25N3O4S2/c22-14(10-7-12-5-8-13(9-6-12)21-27(24)25)3-1-2-4-16-17-15(11-26-16)19-18(23)20-17/h5-6,8-9,15-17,21H,1-4,7,10-11H2,(H,24,25)(H2,19,20,23)/p-1/t15-,16?,17-/m0/s1. The van der Waals surface area contributed by atoms with Gasteiger partial charge in [-0.05, 0) is 37.0 Å². The second kappa shape index (κ2) is 9.57. The van der Waals surface area contributed by atoms with Crippen molar-refractivity contribution >= 4 is 40.5 Å². The summed E-state index contributed by atoms with van der Waals surface area (Å²) in [6.07, 6.45) is 4.66. The van der Waals surface area contributed by atoms with Gasteiger partial charge in [-0.15, -0.1) is 0 Å². The average molecular weight is 411 g/mol. The van der Waals surface area contributed by atoms with Crippen LogP contribution in [-0.2, 0) is 22.5 Å². The summed E-state index contributed by atoms with van der Waals surface area (Å²) in [5.41, 5.74) is 1.53. The summed E-state index contributed by atoms with van der Waals surface area (Å²) in [7, 11) is 0. The van der Waals surface area contributed by atoms with Crippen LogP contribution in [0.25, 0.3) is 0 Å². The van der Waals surface area contributed by atoms with E-state index in [2.05, 4.69) is 15.4 Å². The first kappa shape index (κ1) is 20.2. The van der Waals surface area contributed by atoms with Crippen LogP contribution in [0.3, 0.4) is 0 Å². The maximum absolute atomic E-state index is 12.1. The number of hydrogen-bond donors (Lipinski definition) is 3. The molecule has 2 amide bonds. The minimum atomic E-state index is -2.32. The molecule has 0 aromatic heterocycles. The van der Waals surface area contributed by atoms with E-state index in [0.29, 0.717) is 30.2 Å². The lowest BCUT2D eigenvalue weighted by Crippen LogP contribution is -2.36. The Labute approximate surface area is 165 Å². The minimum absolute atomic E-state index is 0.0596. The van der Waals surface area contributed by atoms with Gasteiger partial charge < -0.3 is 19.9 Å². The van der Waals surface area contributed by atoms with Gasteiger partial charge in [0.25, 0.3) is 0 Å². The van der Waals surface area contributed by atoms with Gasteiger partial charge in [-0.25, -0.2) is 4.79 Å². The van der Waals surface area contributed by atoms with Crippen LogP contribution in [0.2, 0.25) is 0 Å². The van der Waals surface area contributed by atoms with Crippen molar-refractivity contribution in [2.75, 3.05) is 10.5 Å². The second-order valence-electron chi connectivity index (χ2n) is 6.94. The molecule has 2 aliphatic heterocycles. The molecule has 0 spiro atoms. The third-order valence-corrected chi connectivity index (χ3v) is 6.89. The highest BCUT2D eigenvalue weighted by Gasteiger charge is 2.42. The van der Waals surface area contributed by atoms with E-state index >= 15 is 0 Å². The monoisotopic (exact) mass is 410 g/mol. The quantitative estimate of drug-likeness (QED) is 0.311. The smallest absolute Gasteiger partial charge is 0.315 e. The maximum atomic E-state index is 12.1. The predicted octanol–water partition coefficient (Wildman–Crippen LogP) is 2.12. The number of thioether (sulfide) groups is 1. The van der Waals surface area contributed by atoms with E-state index < -0.39 is 11.3 Å². The van der Waals surface area contributed by atoms with Gasteiger partial charge in [0, 0.05) is 40.8 Å². The summed E-state index contributed by atoms with van der Waals surface area (Å²) in [5, 5.41) is 6.38. The maximum Gasteiger partial charge on any atom is 0.315 e. The summed E-state index contributed by atoms with van der Waals surface area (Å²) < 4.78 is 23.4. The Bertz CT molecular complexity index is 698. The van der Waals surface area contributed by atoms with Crippen molar-refractivity contribution in [3.63, 3.8) is 0 Å². The van der Waals surface area contributed by atoms with Crippen molar-refractivity contribution in [3.05, 3.63) is 29.8 Å². The Morgan fingerprint density at radius 2 is 2.00 bits per heavy atom. The van der Waals surface area contributed by atoms with Gasteiger partial charge in [0.2, 0.25) is 0 Å². The Morgan fingerprint density at radius 1 is 1.22 bits per heavy atom. The number of aryl methyl sites for hydroxylation is 1. The Balaban J connectivity index is 1.30. The summed E-state index contributed by atoms with van der Waals surface area (Å²) in [6.45, 7) is 0. The molecule has 4 atom stereocenters. The molecule has 2 aliphatic rings. The number of anilines is 1. The number of carbonyl (C=O) groups excluding carboxylic acids is 2. The number of urea groups is 1. The average Bonchev–Trinajstić information content (AvgIpc) is 3.17. The van der Waals surface area contributed by atoms with Crippen LogP contribution in [0.1, 0.15) is 37.7 Å².